The number of halogens is 3. The Morgan fingerprint density at radius 3 is 2.21 bits per heavy atom. The third-order valence-corrected chi connectivity index (χ3v) is 6.70. The number of carbonyl (C=O) groups excluding carboxylic acids is 1. The number of fused-ring (bicyclic) bond motifs is 1. The van der Waals surface area contributed by atoms with Crippen molar-refractivity contribution in [2.45, 2.75) is 23.2 Å². The quantitative estimate of drug-likeness (QED) is 0.385. The van der Waals surface area contributed by atoms with E-state index in [2.05, 4.69) is 0 Å². The molecule has 1 atom stereocenters. The number of rotatable bonds is 5. The lowest BCUT2D eigenvalue weighted by Gasteiger charge is -2.29. The Morgan fingerprint density at radius 2 is 1.62 bits per heavy atom. The van der Waals surface area contributed by atoms with Gasteiger partial charge >= 0.3 is 11.9 Å². The zero-order valence-corrected chi connectivity index (χ0v) is 17.8. The van der Waals surface area contributed by atoms with E-state index in [9.17, 15) is 36.0 Å². The van der Waals surface area contributed by atoms with Crippen LogP contribution < -0.4 is 27.0 Å². The number of nitrogens with one attached hydrogen (secondary N) is 3. The van der Waals surface area contributed by atoms with Crippen LogP contribution in [0.2, 0.25) is 0 Å². The number of nitrogen functional groups attached to an aromatic ring is 1. The van der Waals surface area contributed by atoms with Crippen molar-refractivity contribution in [2.75, 3.05) is 11.1 Å². The van der Waals surface area contributed by atoms with Crippen LogP contribution >= 0.6 is 0 Å². The molecule has 0 fully saturated rings. The summed E-state index contributed by atoms with van der Waals surface area (Å²) in [5.74, 6) is -2.65. The van der Waals surface area contributed by atoms with Crippen LogP contribution in [0.3, 0.4) is 0 Å². The Hall–Kier alpha value is -3.91. The molecule has 1 unspecified atom stereocenters. The second-order valence-corrected chi connectivity index (χ2v) is 9.11. The smallest absolute Gasteiger partial charge is 0.399 e. The lowest BCUT2D eigenvalue weighted by atomic mass is 9.93. The number of carbonyl (C=O) groups is 1. The molecule has 178 valence electrons. The van der Waals surface area contributed by atoms with E-state index in [0.717, 1.165) is 28.8 Å². The first-order valence-electron chi connectivity index (χ1n) is 9.56. The standard InChI is InChI=1S/C20H16F3N5O5S/c21-20(22,23)19(27-34(32,33)13-8-6-12(24)7-9-13)14-15(25-17(19)30)28(18(31)26-16(14)29)10-11-4-2-1-3-5-11/h1-9,27H,10,24H2,(H,25,30)(H,26,29,31). The zero-order valence-electron chi connectivity index (χ0n) is 17.0. The van der Waals surface area contributed by atoms with Gasteiger partial charge in [0.1, 0.15) is 5.82 Å². The number of aromatic nitrogens is 2. The maximum Gasteiger partial charge on any atom is 0.421 e. The molecular weight excluding hydrogens is 479 g/mol. The van der Waals surface area contributed by atoms with Crippen molar-refractivity contribution in [1.82, 2.24) is 14.3 Å². The summed E-state index contributed by atoms with van der Waals surface area (Å²) < 4.78 is 71.1. The third kappa shape index (κ3) is 3.66. The Labute approximate surface area is 189 Å². The molecule has 5 N–H and O–H groups in total. The molecule has 0 bridgehead atoms. The third-order valence-electron chi connectivity index (χ3n) is 5.23. The molecule has 1 aliphatic heterocycles. The maximum atomic E-state index is 14.4. The van der Waals surface area contributed by atoms with Crippen LogP contribution in [0.25, 0.3) is 0 Å². The van der Waals surface area contributed by atoms with Gasteiger partial charge in [-0.2, -0.15) is 17.9 Å². The van der Waals surface area contributed by atoms with Crippen molar-refractivity contribution >= 4 is 27.4 Å². The van der Waals surface area contributed by atoms with Crippen LogP contribution in [0.5, 0.6) is 0 Å². The Morgan fingerprint density at radius 1 is 1.00 bits per heavy atom. The number of aromatic amines is 1. The summed E-state index contributed by atoms with van der Waals surface area (Å²) >= 11 is 0. The topological polar surface area (TPSA) is 156 Å². The van der Waals surface area contributed by atoms with Crippen LogP contribution in [-0.2, 0) is 26.9 Å². The van der Waals surface area contributed by atoms with Crippen molar-refractivity contribution in [2.24, 2.45) is 0 Å². The minimum atomic E-state index is -5.61. The number of nitrogens with two attached hydrogens (primary N) is 1. The predicted molar refractivity (Wildman–Crippen MR) is 114 cm³/mol. The molecule has 0 radical (unpaired) electrons. The van der Waals surface area contributed by atoms with Gasteiger partial charge in [-0.15, -0.1) is 0 Å². The van der Waals surface area contributed by atoms with Gasteiger partial charge in [-0.1, -0.05) is 30.3 Å². The molecule has 0 saturated carbocycles. The van der Waals surface area contributed by atoms with Crippen LogP contribution in [0.4, 0.5) is 24.7 Å². The number of alkyl halides is 3. The van der Waals surface area contributed by atoms with Gasteiger partial charge < -0.3 is 11.1 Å². The molecule has 3 aromatic rings. The second kappa shape index (κ2) is 7.85. The molecule has 1 aromatic heterocycles. The van der Waals surface area contributed by atoms with Crippen LogP contribution in [-0.4, -0.2) is 30.1 Å². The lowest BCUT2D eigenvalue weighted by molar-refractivity contribution is -0.194. The lowest BCUT2D eigenvalue weighted by Crippen LogP contribution is -2.61. The average molecular weight is 495 g/mol. The Balaban J connectivity index is 1.94. The largest absolute Gasteiger partial charge is 0.421 e. The van der Waals surface area contributed by atoms with E-state index in [1.807, 2.05) is 5.32 Å². The van der Waals surface area contributed by atoms with Gasteiger partial charge in [0, 0.05) is 5.69 Å². The van der Waals surface area contributed by atoms with E-state index < -0.39 is 55.2 Å². The van der Waals surface area contributed by atoms with E-state index in [0.29, 0.717) is 5.56 Å². The number of hydrogen-bond donors (Lipinski definition) is 4. The average Bonchev–Trinajstić information content (AvgIpc) is 3.05. The second-order valence-electron chi connectivity index (χ2n) is 7.43. The van der Waals surface area contributed by atoms with Gasteiger partial charge in [0.05, 0.1) is 17.0 Å². The zero-order chi connectivity index (χ0) is 24.9. The van der Waals surface area contributed by atoms with Gasteiger partial charge in [-0.25, -0.2) is 13.2 Å². The van der Waals surface area contributed by atoms with E-state index >= 15 is 0 Å². The number of nitrogens with zero attached hydrogens (tertiary/aromatic N) is 1. The summed E-state index contributed by atoms with van der Waals surface area (Å²) in [7, 11) is -5.00. The molecule has 2 aromatic carbocycles. The number of amides is 1. The monoisotopic (exact) mass is 495 g/mol. The summed E-state index contributed by atoms with van der Waals surface area (Å²) in [6, 6.07) is 12.2. The summed E-state index contributed by atoms with van der Waals surface area (Å²) in [6.07, 6.45) is -5.61. The molecule has 4 rings (SSSR count). The van der Waals surface area contributed by atoms with E-state index in [1.54, 1.807) is 35.3 Å². The number of sulfonamides is 1. The summed E-state index contributed by atoms with van der Waals surface area (Å²) in [4.78, 5) is 38.9. The highest BCUT2D eigenvalue weighted by Crippen LogP contribution is 2.45. The fourth-order valence-electron chi connectivity index (χ4n) is 3.61. The molecule has 1 amide bonds. The highest BCUT2D eigenvalue weighted by Gasteiger charge is 2.69. The predicted octanol–water partition coefficient (Wildman–Crippen LogP) is 0.855. The van der Waals surface area contributed by atoms with Crippen molar-refractivity contribution in [3.05, 3.63) is 86.6 Å². The molecule has 0 spiro atoms. The highest BCUT2D eigenvalue weighted by molar-refractivity contribution is 7.89. The van der Waals surface area contributed by atoms with E-state index in [1.165, 1.54) is 4.72 Å². The summed E-state index contributed by atoms with van der Waals surface area (Å²) in [5.41, 5.74) is -1.84. The SMILES string of the molecule is Nc1ccc(S(=O)(=O)NC2(C(F)(F)F)C(=O)Nc3c2c(=O)[nH]c(=O)n3Cc2ccccc2)cc1. The van der Waals surface area contributed by atoms with Crippen LogP contribution in [0.1, 0.15) is 11.1 Å². The number of hydrogen-bond acceptors (Lipinski definition) is 6. The van der Waals surface area contributed by atoms with E-state index in [4.69, 9.17) is 5.73 Å². The molecule has 10 nitrogen and oxygen atoms in total. The molecule has 1 aliphatic rings. The van der Waals surface area contributed by atoms with Gasteiger partial charge in [0.25, 0.3) is 11.5 Å². The van der Waals surface area contributed by atoms with Crippen LogP contribution in [0.15, 0.2) is 69.1 Å². The maximum absolute atomic E-state index is 14.4. The summed E-state index contributed by atoms with van der Waals surface area (Å²) in [6.45, 7) is -0.308. The Kier molecular flexibility index (Phi) is 5.37. The minimum absolute atomic E-state index is 0.148. The number of H-pyrrole nitrogens is 1. The number of benzene rings is 2. The van der Waals surface area contributed by atoms with Crippen molar-refractivity contribution in [3.8, 4) is 0 Å². The fourth-order valence-corrected chi connectivity index (χ4v) is 4.94. The fraction of sp³-hybridized carbons (Fsp3) is 0.150. The van der Waals surface area contributed by atoms with Crippen molar-refractivity contribution in [3.63, 3.8) is 0 Å². The van der Waals surface area contributed by atoms with Crippen LogP contribution in [0, 0.1) is 0 Å². The molecule has 34 heavy (non-hydrogen) atoms. The first-order chi connectivity index (χ1) is 15.9. The summed E-state index contributed by atoms with van der Waals surface area (Å²) in [5, 5.41) is 1.89. The molecule has 0 aliphatic carbocycles. The van der Waals surface area contributed by atoms with Gasteiger partial charge in [-0.05, 0) is 29.8 Å². The number of anilines is 2. The molecular formula is C20H16F3N5O5S. The molecule has 0 saturated heterocycles. The van der Waals surface area contributed by atoms with Crippen molar-refractivity contribution in [1.29, 1.82) is 0 Å². The van der Waals surface area contributed by atoms with E-state index in [-0.39, 0.29) is 12.2 Å². The van der Waals surface area contributed by atoms with Gasteiger partial charge in [0.2, 0.25) is 15.6 Å². The highest BCUT2D eigenvalue weighted by atomic mass is 32.2. The van der Waals surface area contributed by atoms with Gasteiger partial charge in [-0.3, -0.25) is 19.1 Å². The minimum Gasteiger partial charge on any atom is -0.399 e. The normalized spacial score (nSPS) is 17.9. The first kappa shape index (κ1) is 23.3. The first-order valence-corrected chi connectivity index (χ1v) is 11.0. The Bertz CT molecular complexity index is 1500. The molecule has 2 heterocycles. The molecule has 14 heteroatoms. The van der Waals surface area contributed by atoms with Crippen molar-refractivity contribution < 1.29 is 26.4 Å². The van der Waals surface area contributed by atoms with Gasteiger partial charge in [0.15, 0.2) is 0 Å².